The van der Waals surface area contributed by atoms with Gasteiger partial charge < -0.3 is 19.8 Å². The first-order chi connectivity index (χ1) is 15.9. The fraction of sp³-hybridized carbons (Fsp3) is 0.304. The van der Waals surface area contributed by atoms with Crippen LogP contribution in [0.3, 0.4) is 0 Å². The van der Waals surface area contributed by atoms with Gasteiger partial charge in [-0.1, -0.05) is 0 Å². The second-order valence-electron chi connectivity index (χ2n) is 7.74. The number of alkyl carbamates (subject to hydrolysis) is 1. The number of rotatable bonds is 6. The third kappa shape index (κ3) is 5.32. The lowest BCUT2D eigenvalue weighted by Crippen LogP contribution is -2.31. The molecule has 2 N–H and O–H groups in total. The molecule has 9 nitrogen and oxygen atoms in total. The number of nitrogens with zero attached hydrogens (tertiary/aromatic N) is 3. The number of furan rings is 1. The largest absolute Gasteiger partial charge is 0.472 e. The normalized spacial score (nSPS) is 15.1. The number of nitrogens with one attached hydrogen (secondary N) is 2. The molecular formula is C23H23N5O4S. The summed E-state index contributed by atoms with van der Waals surface area (Å²) >= 11 is 1.35. The Labute approximate surface area is 194 Å². The third-order valence-electron chi connectivity index (χ3n) is 5.35. The van der Waals surface area contributed by atoms with Crippen molar-refractivity contribution < 1.29 is 18.7 Å². The molecule has 0 fully saturated rings. The predicted molar refractivity (Wildman–Crippen MR) is 122 cm³/mol. The number of aryl methyl sites for hydroxylation is 2. The van der Waals surface area contributed by atoms with Crippen molar-refractivity contribution in [1.82, 2.24) is 15.1 Å². The maximum atomic E-state index is 12.3. The SMILES string of the molecule is Cc1nn(C)cc1CNC(=O)OC1CCc2c(sc(NC(=O)C=Cc3ccoc3)c2C#N)C1. The van der Waals surface area contributed by atoms with E-state index in [0.717, 1.165) is 27.3 Å². The number of carbonyl (C=O) groups is 2. The monoisotopic (exact) mass is 465 g/mol. The van der Waals surface area contributed by atoms with E-state index in [-0.39, 0.29) is 12.0 Å². The molecule has 4 rings (SSSR count). The lowest BCUT2D eigenvalue weighted by molar-refractivity contribution is -0.111. The Balaban J connectivity index is 1.36. The van der Waals surface area contributed by atoms with E-state index >= 15 is 0 Å². The van der Waals surface area contributed by atoms with Gasteiger partial charge in [0, 0.05) is 48.3 Å². The van der Waals surface area contributed by atoms with Crippen molar-refractivity contribution in [2.45, 2.75) is 38.8 Å². The van der Waals surface area contributed by atoms with Gasteiger partial charge in [0.2, 0.25) is 5.91 Å². The molecule has 1 atom stereocenters. The van der Waals surface area contributed by atoms with Gasteiger partial charge in [-0.15, -0.1) is 11.3 Å². The predicted octanol–water partition coefficient (Wildman–Crippen LogP) is 3.69. The fourth-order valence-electron chi connectivity index (χ4n) is 3.74. The Hall–Kier alpha value is -3.84. The van der Waals surface area contributed by atoms with Gasteiger partial charge in [-0.25, -0.2) is 4.79 Å². The average molecular weight is 466 g/mol. The van der Waals surface area contributed by atoms with Gasteiger partial charge in [-0.2, -0.15) is 10.4 Å². The van der Waals surface area contributed by atoms with Crippen molar-refractivity contribution in [1.29, 1.82) is 5.26 Å². The molecule has 3 aromatic heterocycles. The van der Waals surface area contributed by atoms with Crippen LogP contribution < -0.4 is 10.6 Å². The van der Waals surface area contributed by atoms with Crippen LogP contribution in [0, 0.1) is 18.3 Å². The molecule has 0 spiro atoms. The summed E-state index contributed by atoms with van der Waals surface area (Å²) in [5.74, 6) is -0.329. The molecule has 10 heteroatoms. The molecule has 0 aliphatic heterocycles. The second kappa shape index (κ2) is 9.75. The Morgan fingerprint density at radius 3 is 3.03 bits per heavy atom. The van der Waals surface area contributed by atoms with E-state index in [9.17, 15) is 14.9 Å². The standard InChI is InChI=1S/C23H23N5O4S/c1-14-16(12-28(2)27-14)11-25-23(30)32-17-4-5-18-19(10-24)22(33-20(18)9-17)26-21(29)6-3-15-7-8-31-13-15/h3,6-8,12-13,17H,4-5,9,11H2,1-2H3,(H,25,30)(H,26,29). The Kier molecular flexibility index (Phi) is 6.60. The molecule has 1 aliphatic rings. The number of carbonyl (C=O) groups excluding carboxylic acids is 2. The fourth-order valence-corrected chi connectivity index (χ4v) is 5.01. The smallest absolute Gasteiger partial charge is 0.407 e. The first-order valence-corrected chi connectivity index (χ1v) is 11.2. The van der Waals surface area contributed by atoms with E-state index in [1.807, 2.05) is 20.2 Å². The Bertz CT molecular complexity index is 1230. The quantitative estimate of drug-likeness (QED) is 0.536. The third-order valence-corrected chi connectivity index (χ3v) is 6.52. The van der Waals surface area contributed by atoms with E-state index in [0.29, 0.717) is 36.4 Å². The van der Waals surface area contributed by atoms with Crippen LogP contribution in [0.15, 0.2) is 35.3 Å². The molecule has 0 aromatic carbocycles. The highest BCUT2D eigenvalue weighted by Gasteiger charge is 2.28. The van der Waals surface area contributed by atoms with Gasteiger partial charge in [0.05, 0.1) is 23.8 Å². The molecule has 1 aliphatic carbocycles. The minimum Gasteiger partial charge on any atom is -0.472 e. The number of amides is 2. The topological polar surface area (TPSA) is 122 Å². The molecular weight excluding hydrogens is 442 g/mol. The van der Waals surface area contributed by atoms with E-state index in [2.05, 4.69) is 21.8 Å². The zero-order chi connectivity index (χ0) is 23.4. The van der Waals surface area contributed by atoms with Crippen LogP contribution in [0.2, 0.25) is 0 Å². The van der Waals surface area contributed by atoms with Gasteiger partial charge in [0.1, 0.15) is 17.2 Å². The molecule has 1 unspecified atom stereocenters. The van der Waals surface area contributed by atoms with Crippen LogP contribution in [-0.2, 0) is 36.0 Å². The number of thiophene rings is 1. The molecule has 0 radical (unpaired) electrons. The summed E-state index contributed by atoms with van der Waals surface area (Å²) in [7, 11) is 1.83. The van der Waals surface area contributed by atoms with E-state index < -0.39 is 6.09 Å². The molecule has 0 saturated carbocycles. The van der Waals surface area contributed by atoms with Crippen LogP contribution in [0.1, 0.15) is 39.2 Å². The number of hydrogen-bond donors (Lipinski definition) is 2. The van der Waals surface area contributed by atoms with Crippen molar-refractivity contribution in [3.8, 4) is 6.07 Å². The van der Waals surface area contributed by atoms with Crippen molar-refractivity contribution in [3.05, 3.63) is 63.7 Å². The molecule has 33 heavy (non-hydrogen) atoms. The molecule has 2 amide bonds. The van der Waals surface area contributed by atoms with Gasteiger partial charge in [-0.05, 0) is 37.5 Å². The average Bonchev–Trinajstić information content (AvgIpc) is 3.49. The highest BCUT2D eigenvalue weighted by molar-refractivity contribution is 7.16. The van der Waals surface area contributed by atoms with E-state index in [1.165, 1.54) is 29.9 Å². The minimum atomic E-state index is -0.485. The summed E-state index contributed by atoms with van der Waals surface area (Å²) in [5.41, 5.74) is 3.96. The van der Waals surface area contributed by atoms with E-state index in [4.69, 9.17) is 9.15 Å². The maximum Gasteiger partial charge on any atom is 0.407 e. The summed E-state index contributed by atoms with van der Waals surface area (Å²) in [6, 6.07) is 3.95. The summed E-state index contributed by atoms with van der Waals surface area (Å²) in [4.78, 5) is 25.5. The minimum absolute atomic E-state index is 0.290. The number of fused-ring (bicyclic) bond motifs is 1. The van der Waals surface area contributed by atoms with Crippen LogP contribution >= 0.6 is 11.3 Å². The molecule has 3 heterocycles. The zero-order valence-electron chi connectivity index (χ0n) is 18.3. The van der Waals surface area contributed by atoms with Crippen molar-refractivity contribution in [2.75, 3.05) is 5.32 Å². The highest BCUT2D eigenvalue weighted by atomic mass is 32.1. The second-order valence-corrected chi connectivity index (χ2v) is 8.84. The number of ether oxygens (including phenoxy) is 1. The van der Waals surface area contributed by atoms with Crippen molar-refractivity contribution in [2.24, 2.45) is 7.05 Å². The van der Waals surface area contributed by atoms with Crippen LogP contribution in [0.25, 0.3) is 6.08 Å². The molecule has 0 saturated heterocycles. The number of hydrogen-bond acceptors (Lipinski definition) is 7. The lowest BCUT2D eigenvalue weighted by atomic mass is 9.94. The van der Waals surface area contributed by atoms with Gasteiger partial charge in [0.15, 0.2) is 0 Å². The van der Waals surface area contributed by atoms with Crippen molar-refractivity contribution in [3.63, 3.8) is 0 Å². The number of nitriles is 1. The van der Waals surface area contributed by atoms with Gasteiger partial charge in [-0.3, -0.25) is 9.48 Å². The number of anilines is 1. The molecule has 170 valence electrons. The highest BCUT2D eigenvalue weighted by Crippen LogP contribution is 2.38. The summed E-state index contributed by atoms with van der Waals surface area (Å²) in [6.45, 7) is 2.23. The van der Waals surface area contributed by atoms with Gasteiger partial charge in [0.25, 0.3) is 0 Å². The first kappa shape index (κ1) is 22.4. The number of aromatic nitrogens is 2. The van der Waals surface area contributed by atoms with Crippen molar-refractivity contribution >= 4 is 34.4 Å². The molecule has 0 bridgehead atoms. The zero-order valence-corrected chi connectivity index (χ0v) is 19.1. The Morgan fingerprint density at radius 1 is 1.48 bits per heavy atom. The Morgan fingerprint density at radius 2 is 2.33 bits per heavy atom. The summed E-state index contributed by atoms with van der Waals surface area (Å²) in [6.07, 6.45) is 8.90. The first-order valence-electron chi connectivity index (χ1n) is 10.4. The van der Waals surface area contributed by atoms with Gasteiger partial charge >= 0.3 is 6.09 Å². The molecule has 3 aromatic rings. The lowest BCUT2D eigenvalue weighted by Gasteiger charge is -2.22. The van der Waals surface area contributed by atoms with E-state index in [1.54, 1.807) is 16.8 Å². The van der Waals surface area contributed by atoms with Crippen LogP contribution in [0.5, 0.6) is 0 Å². The van der Waals surface area contributed by atoms with Crippen LogP contribution in [-0.4, -0.2) is 27.9 Å². The van der Waals surface area contributed by atoms with Crippen LogP contribution in [0.4, 0.5) is 9.80 Å². The summed E-state index contributed by atoms with van der Waals surface area (Å²) < 4.78 is 12.3. The maximum absolute atomic E-state index is 12.3. The summed E-state index contributed by atoms with van der Waals surface area (Å²) in [5, 5.41) is 20.0.